The highest BCUT2D eigenvalue weighted by molar-refractivity contribution is 9.12. The third-order valence-corrected chi connectivity index (χ3v) is 9.99. The lowest BCUT2D eigenvalue weighted by molar-refractivity contribution is -0.123. The average Bonchev–Trinajstić information content (AvgIpc) is 3.42. The third-order valence-electron chi connectivity index (χ3n) is 6.78. The first-order valence-electron chi connectivity index (χ1n) is 10.4. The van der Waals surface area contributed by atoms with E-state index >= 15 is 0 Å². The number of hydrogen-bond acceptors (Lipinski definition) is 5. The lowest BCUT2D eigenvalue weighted by atomic mass is 9.81. The van der Waals surface area contributed by atoms with Gasteiger partial charge in [-0.2, -0.15) is 0 Å². The number of ether oxygens (including phenoxy) is 1. The molecule has 6 atom stereocenters. The number of Topliss-reactive ketones (excluding diaryl/α,β-unsaturated/α-hetero) is 1. The van der Waals surface area contributed by atoms with E-state index in [0.717, 1.165) is 11.3 Å². The van der Waals surface area contributed by atoms with Gasteiger partial charge in [0.1, 0.15) is 0 Å². The predicted molar refractivity (Wildman–Crippen MR) is 124 cm³/mol. The van der Waals surface area contributed by atoms with Crippen molar-refractivity contribution in [3.05, 3.63) is 65.7 Å². The zero-order valence-corrected chi connectivity index (χ0v) is 20.0. The molecule has 8 heteroatoms. The number of nitrogens with zero attached hydrogens (tertiary/aromatic N) is 1. The molecule has 5 rings (SSSR count). The first kappa shape index (κ1) is 21.5. The van der Waals surface area contributed by atoms with Crippen LogP contribution in [0.15, 0.2) is 54.6 Å². The van der Waals surface area contributed by atoms with Gasteiger partial charge in [-0.3, -0.25) is 14.4 Å². The Balaban J connectivity index is 1.38. The molecule has 6 nitrogen and oxygen atoms in total. The van der Waals surface area contributed by atoms with Crippen LogP contribution in [-0.4, -0.2) is 39.8 Å². The van der Waals surface area contributed by atoms with Crippen molar-refractivity contribution in [3.63, 3.8) is 0 Å². The Kier molecular flexibility index (Phi) is 5.53. The van der Waals surface area contributed by atoms with Gasteiger partial charge >= 0.3 is 5.97 Å². The summed E-state index contributed by atoms with van der Waals surface area (Å²) in [5.41, 5.74) is 0.745. The summed E-state index contributed by atoms with van der Waals surface area (Å²) in [6.07, 6.45) is 0.831. The van der Waals surface area contributed by atoms with Gasteiger partial charge in [-0.25, -0.2) is 9.69 Å². The van der Waals surface area contributed by atoms with Crippen LogP contribution >= 0.6 is 31.9 Å². The van der Waals surface area contributed by atoms with Crippen LogP contribution in [0.25, 0.3) is 0 Å². The highest BCUT2D eigenvalue weighted by Gasteiger charge is 2.66. The molecule has 0 unspecified atom stereocenters. The van der Waals surface area contributed by atoms with Gasteiger partial charge in [0.25, 0.3) is 0 Å². The number of benzene rings is 2. The Labute approximate surface area is 201 Å². The molecule has 2 aromatic carbocycles. The second kappa shape index (κ2) is 8.23. The number of halogens is 2. The van der Waals surface area contributed by atoms with Gasteiger partial charge in [0.15, 0.2) is 12.4 Å². The van der Waals surface area contributed by atoms with E-state index < -0.39 is 12.6 Å². The van der Waals surface area contributed by atoms with Crippen molar-refractivity contribution < 1.29 is 23.9 Å². The van der Waals surface area contributed by atoms with Crippen molar-refractivity contribution in [3.8, 4) is 0 Å². The summed E-state index contributed by atoms with van der Waals surface area (Å²) in [6.45, 7) is -0.426. The van der Waals surface area contributed by atoms with Gasteiger partial charge in [-0.15, -0.1) is 0 Å². The van der Waals surface area contributed by atoms with Gasteiger partial charge in [-0.1, -0.05) is 74.3 Å². The first-order valence-corrected chi connectivity index (χ1v) is 12.2. The minimum absolute atomic E-state index is 0.0819. The molecular formula is C24H19Br2NO5. The molecule has 32 heavy (non-hydrogen) atoms. The molecule has 0 radical (unpaired) electrons. The van der Waals surface area contributed by atoms with E-state index in [1.807, 2.05) is 0 Å². The number of amides is 2. The van der Waals surface area contributed by atoms with Crippen LogP contribution in [0.5, 0.6) is 0 Å². The van der Waals surface area contributed by atoms with Crippen molar-refractivity contribution in [2.45, 2.75) is 16.1 Å². The number of carbonyl (C=O) groups excluding carboxylic acids is 4. The zero-order chi connectivity index (χ0) is 22.6. The zero-order valence-electron chi connectivity index (χ0n) is 16.8. The maximum absolute atomic E-state index is 13.3. The van der Waals surface area contributed by atoms with Crippen molar-refractivity contribution in [1.29, 1.82) is 0 Å². The molecule has 1 aliphatic heterocycles. The number of rotatable bonds is 5. The summed E-state index contributed by atoms with van der Waals surface area (Å²) in [6, 6.07) is 14.9. The SMILES string of the molecule is O=C(COC(=O)c1ccccc1N1C(=O)[C@@H]2[C@H]3C[C@@H]([C@H](Br)[C@H]3Br)[C@H]2C1=O)c1ccccc1. The number of esters is 1. The van der Waals surface area contributed by atoms with Crippen LogP contribution < -0.4 is 4.90 Å². The minimum atomic E-state index is -0.748. The normalized spacial score (nSPS) is 30.5. The first-order chi connectivity index (χ1) is 15.4. The minimum Gasteiger partial charge on any atom is -0.454 e. The Morgan fingerprint density at radius 1 is 0.875 bits per heavy atom. The summed E-state index contributed by atoms with van der Waals surface area (Å²) in [5.74, 6) is -2.21. The van der Waals surface area contributed by atoms with Crippen LogP contribution in [0.1, 0.15) is 27.1 Å². The van der Waals surface area contributed by atoms with Gasteiger partial charge in [0.05, 0.1) is 23.1 Å². The van der Waals surface area contributed by atoms with Gasteiger partial charge in [-0.05, 0) is 30.4 Å². The summed E-state index contributed by atoms with van der Waals surface area (Å²) < 4.78 is 5.24. The lowest BCUT2D eigenvalue weighted by Crippen LogP contribution is -2.37. The van der Waals surface area contributed by atoms with Crippen LogP contribution in [-0.2, 0) is 14.3 Å². The molecule has 164 valence electrons. The molecule has 0 spiro atoms. The second-order valence-electron chi connectivity index (χ2n) is 8.40. The average molecular weight is 561 g/mol. The summed E-state index contributed by atoms with van der Waals surface area (Å²) >= 11 is 7.35. The van der Waals surface area contributed by atoms with E-state index in [-0.39, 0.29) is 62.2 Å². The number of carbonyl (C=O) groups is 4. The Hall–Kier alpha value is -2.32. The molecule has 1 heterocycles. The summed E-state index contributed by atoms with van der Waals surface area (Å²) in [7, 11) is 0. The molecular weight excluding hydrogens is 542 g/mol. The molecule has 3 fully saturated rings. The molecule has 2 bridgehead atoms. The molecule has 2 aromatic rings. The summed E-state index contributed by atoms with van der Waals surface area (Å²) in [4.78, 5) is 53.2. The highest BCUT2D eigenvalue weighted by Crippen LogP contribution is 2.60. The lowest BCUT2D eigenvalue weighted by Gasteiger charge is -2.28. The molecule has 3 aliphatic rings. The quantitative estimate of drug-likeness (QED) is 0.239. The predicted octanol–water partition coefficient (Wildman–Crippen LogP) is 4.01. The largest absolute Gasteiger partial charge is 0.454 e. The van der Waals surface area contributed by atoms with Crippen LogP contribution in [0.4, 0.5) is 5.69 Å². The van der Waals surface area contributed by atoms with Crippen LogP contribution in [0.3, 0.4) is 0 Å². The van der Waals surface area contributed by atoms with Crippen molar-refractivity contribution in [2.24, 2.45) is 23.7 Å². The van der Waals surface area contributed by atoms with E-state index in [1.54, 1.807) is 48.5 Å². The van der Waals surface area contributed by atoms with Gasteiger partial charge < -0.3 is 4.74 Å². The number of para-hydroxylation sites is 1. The molecule has 1 saturated heterocycles. The highest BCUT2D eigenvalue weighted by atomic mass is 79.9. The molecule has 0 N–H and O–H groups in total. The number of hydrogen-bond donors (Lipinski definition) is 0. The fourth-order valence-corrected chi connectivity index (χ4v) is 7.22. The fraction of sp³-hybridized carbons (Fsp3) is 0.333. The maximum atomic E-state index is 13.3. The number of anilines is 1. The molecule has 0 aromatic heterocycles. The number of alkyl halides is 2. The van der Waals surface area contributed by atoms with Crippen molar-refractivity contribution in [1.82, 2.24) is 0 Å². The summed E-state index contributed by atoms with van der Waals surface area (Å²) in [5, 5.41) is 0. The van der Waals surface area contributed by atoms with E-state index in [2.05, 4.69) is 31.9 Å². The number of imide groups is 1. The second-order valence-corrected chi connectivity index (χ2v) is 10.5. The molecule has 2 aliphatic carbocycles. The van der Waals surface area contributed by atoms with Crippen LogP contribution in [0, 0.1) is 23.7 Å². The molecule has 2 amide bonds. The van der Waals surface area contributed by atoms with E-state index in [1.165, 1.54) is 6.07 Å². The Bertz CT molecular complexity index is 1090. The molecule has 2 saturated carbocycles. The maximum Gasteiger partial charge on any atom is 0.340 e. The van der Waals surface area contributed by atoms with Gasteiger partial charge in [0, 0.05) is 15.2 Å². The fourth-order valence-electron chi connectivity index (χ4n) is 5.34. The van der Waals surface area contributed by atoms with Crippen LogP contribution in [0.2, 0.25) is 0 Å². The monoisotopic (exact) mass is 559 g/mol. The Morgan fingerprint density at radius 3 is 2.06 bits per heavy atom. The standard InChI is InChI=1S/C24H19Br2NO5/c25-20-14-10-15(21(20)26)19-18(14)22(29)27(23(19)30)16-9-5-4-8-13(16)24(31)32-11-17(28)12-6-2-1-3-7-12/h1-9,14-15,18-21H,10-11H2/t14-,15-,18-,19-,20+,21+/m1/s1. The third kappa shape index (κ3) is 3.27. The number of ketones is 1. The van der Waals surface area contributed by atoms with E-state index in [9.17, 15) is 19.2 Å². The van der Waals surface area contributed by atoms with Crippen molar-refractivity contribution in [2.75, 3.05) is 11.5 Å². The van der Waals surface area contributed by atoms with Crippen molar-refractivity contribution >= 4 is 61.1 Å². The van der Waals surface area contributed by atoms with Gasteiger partial charge in [0.2, 0.25) is 11.8 Å². The smallest absolute Gasteiger partial charge is 0.340 e. The Morgan fingerprint density at radius 2 is 1.44 bits per heavy atom. The number of fused-ring (bicyclic) bond motifs is 5. The van der Waals surface area contributed by atoms with E-state index in [4.69, 9.17) is 4.74 Å². The topological polar surface area (TPSA) is 80.8 Å². The van der Waals surface area contributed by atoms with E-state index in [0.29, 0.717) is 5.56 Å².